The molecule has 3 aromatic rings. The molecular weight excluding hydrogens is 508 g/mol. The first-order valence-electron chi connectivity index (χ1n) is 12.3. The minimum absolute atomic E-state index is 0.0657. The summed E-state index contributed by atoms with van der Waals surface area (Å²) in [6.07, 6.45) is -1.40. The zero-order valence-corrected chi connectivity index (χ0v) is 21.6. The summed E-state index contributed by atoms with van der Waals surface area (Å²) < 4.78 is 23.2. The SMILES string of the molecule is C/C=C/c1cc(=O)c2c(C)cc(OC)c([C@@H]3O[C@H](CO)[C@@H](O)[C@H](O)[C@H]3OC(=O)/C=C/c3ccc(O)cc3)c2o1. The Kier molecular flexibility index (Phi) is 8.51. The maximum absolute atomic E-state index is 13.1. The summed E-state index contributed by atoms with van der Waals surface area (Å²) in [6.45, 7) is 2.83. The maximum atomic E-state index is 13.1. The van der Waals surface area contributed by atoms with Crippen molar-refractivity contribution in [2.24, 2.45) is 0 Å². The van der Waals surface area contributed by atoms with Gasteiger partial charge in [0.15, 0.2) is 11.5 Å². The lowest BCUT2D eigenvalue weighted by molar-refractivity contribution is -0.239. The van der Waals surface area contributed by atoms with Gasteiger partial charge >= 0.3 is 5.97 Å². The molecule has 10 nitrogen and oxygen atoms in total. The highest BCUT2D eigenvalue weighted by Gasteiger charge is 2.48. The van der Waals surface area contributed by atoms with E-state index in [1.54, 1.807) is 44.2 Å². The third-order valence-corrected chi connectivity index (χ3v) is 6.48. The largest absolute Gasteiger partial charge is 0.508 e. The van der Waals surface area contributed by atoms with E-state index in [0.717, 1.165) is 6.08 Å². The molecular formula is C29H30O10. The number of ether oxygens (including phenoxy) is 3. The number of hydrogen-bond acceptors (Lipinski definition) is 10. The summed E-state index contributed by atoms with van der Waals surface area (Å²) in [7, 11) is 1.40. The number of aliphatic hydroxyl groups is 3. The van der Waals surface area contributed by atoms with Crippen LogP contribution in [0.5, 0.6) is 11.5 Å². The lowest BCUT2D eigenvalue weighted by Gasteiger charge is -2.42. The molecule has 1 aliphatic heterocycles. The van der Waals surface area contributed by atoms with E-state index in [2.05, 4.69) is 0 Å². The van der Waals surface area contributed by atoms with E-state index in [4.69, 9.17) is 18.6 Å². The Hall–Kier alpha value is -3.96. The molecule has 0 unspecified atom stereocenters. The van der Waals surface area contributed by atoms with Gasteiger partial charge < -0.3 is 39.1 Å². The van der Waals surface area contributed by atoms with Crippen molar-refractivity contribution in [2.75, 3.05) is 13.7 Å². The fourth-order valence-corrected chi connectivity index (χ4v) is 4.60. The lowest BCUT2D eigenvalue weighted by atomic mass is 9.89. The Labute approximate surface area is 224 Å². The van der Waals surface area contributed by atoms with Gasteiger partial charge in [-0.15, -0.1) is 0 Å². The first-order chi connectivity index (χ1) is 18.7. The highest BCUT2D eigenvalue weighted by molar-refractivity contribution is 5.88. The molecule has 2 aromatic carbocycles. The number of methoxy groups -OCH3 is 1. The number of carbonyl (C=O) groups excluding carboxylic acids is 1. The second-order valence-electron chi connectivity index (χ2n) is 9.11. The minimum atomic E-state index is -1.67. The van der Waals surface area contributed by atoms with Crippen LogP contribution in [0.4, 0.5) is 0 Å². The monoisotopic (exact) mass is 538 g/mol. The molecule has 0 saturated carbocycles. The van der Waals surface area contributed by atoms with Crippen LogP contribution in [0.3, 0.4) is 0 Å². The summed E-state index contributed by atoms with van der Waals surface area (Å²) in [5, 5.41) is 41.1. The molecule has 39 heavy (non-hydrogen) atoms. The van der Waals surface area contributed by atoms with Crippen LogP contribution in [0.2, 0.25) is 0 Å². The van der Waals surface area contributed by atoms with Crippen molar-refractivity contribution in [2.45, 2.75) is 44.4 Å². The lowest BCUT2D eigenvalue weighted by Crippen LogP contribution is -2.56. The molecule has 0 radical (unpaired) electrons. The topological polar surface area (TPSA) is 156 Å². The van der Waals surface area contributed by atoms with Gasteiger partial charge in [-0.1, -0.05) is 18.2 Å². The number of carbonyl (C=O) groups is 1. The van der Waals surface area contributed by atoms with E-state index in [0.29, 0.717) is 11.1 Å². The fraction of sp³-hybridized carbons (Fsp3) is 0.310. The molecule has 5 atom stereocenters. The molecule has 0 spiro atoms. The summed E-state index contributed by atoms with van der Waals surface area (Å²) in [4.78, 5) is 25.9. The number of rotatable bonds is 7. The molecule has 2 heterocycles. The smallest absolute Gasteiger partial charge is 0.331 e. The van der Waals surface area contributed by atoms with Crippen molar-refractivity contribution in [1.82, 2.24) is 0 Å². The first-order valence-corrected chi connectivity index (χ1v) is 12.3. The van der Waals surface area contributed by atoms with Crippen LogP contribution in [0.25, 0.3) is 23.1 Å². The molecule has 0 bridgehead atoms. The van der Waals surface area contributed by atoms with Crippen molar-refractivity contribution in [3.63, 3.8) is 0 Å². The standard InChI is InChI=1S/C29H30O10/c1-4-5-18-13-19(32)23-15(2)12-20(36-3)24(27(23)37-18)28-29(26(35)25(34)21(14-30)38-28)39-22(33)11-8-16-6-9-17(31)10-7-16/h4-13,21,25-26,28-31,34-35H,14H2,1-3H3/b5-4+,11-8+/t21-,25-,26+,28+,29-/m1/s1. The summed E-state index contributed by atoms with van der Waals surface area (Å²) >= 11 is 0. The Balaban J connectivity index is 1.83. The zero-order valence-electron chi connectivity index (χ0n) is 21.6. The highest BCUT2D eigenvalue weighted by atomic mass is 16.6. The van der Waals surface area contributed by atoms with Crippen LogP contribution < -0.4 is 10.2 Å². The summed E-state index contributed by atoms with van der Waals surface area (Å²) in [6, 6.07) is 9.02. The van der Waals surface area contributed by atoms with E-state index >= 15 is 0 Å². The van der Waals surface area contributed by atoms with Crippen LogP contribution in [0, 0.1) is 6.92 Å². The van der Waals surface area contributed by atoms with Crippen molar-refractivity contribution in [3.05, 3.63) is 81.2 Å². The van der Waals surface area contributed by atoms with Gasteiger partial charge in [0, 0.05) is 12.1 Å². The number of benzene rings is 2. The van der Waals surface area contributed by atoms with E-state index in [1.807, 2.05) is 0 Å². The van der Waals surface area contributed by atoms with Gasteiger partial charge in [-0.3, -0.25) is 4.79 Å². The van der Waals surface area contributed by atoms with Crippen LogP contribution in [-0.2, 0) is 14.3 Å². The van der Waals surface area contributed by atoms with E-state index in [9.17, 15) is 30.0 Å². The molecule has 4 N–H and O–H groups in total. The van der Waals surface area contributed by atoms with E-state index < -0.39 is 43.1 Å². The molecule has 1 saturated heterocycles. The molecule has 206 valence electrons. The predicted octanol–water partition coefficient (Wildman–Crippen LogP) is 2.63. The third kappa shape index (κ3) is 5.74. The van der Waals surface area contributed by atoms with Crippen molar-refractivity contribution < 1.29 is 43.8 Å². The molecule has 4 rings (SSSR count). The number of aryl methyl sites for hydroxylation is 1. The molecule has 0 amide bonds. The number of hydrogen-bond donors (Lipinski definition) is 4. The van der Waals surface area contributed by atoms with Gasteiger partial charge in [-0.25, -0.2) is 4.79 Å². The number of fused-ring (bicyclic) bond motifs is 1. The number of phenols is 1. The van der Waals surface area contributed by atoms with Crippen LogP contribution in [-0.4, -0.2) is 64.5 Å². The van der Waals surface area contributed by atoms with Gasteiger partial charge in [0.2, 0.25) is 0 Å². The Morgan fingerprint density at radius 2 is 1.82 bits per heavy atom. The number of aromatic hydroxyl groups is 1. The van der Waals surface area contributed by atoms with E-state index in [1.165, 1.54) is 31.4 Å². The number of esters is 1. The van der Waals surface area contributed by atoms with Crippen molar-refractivity contribution in [3.8, 4) is 11.5 Å². The molecule has 0 aliphatic carbocycles. The average molecular weight is 539 g/mol. The zero-order chi connectivity index (χ0) is 28.3. The highest BCUT2D eigenvalue weighted by Crippen LogP contribution is 2.43. The number of allylic oxidation sites excluding steroid dienone is 1. The fourth-order valence-electron chi connectivity index (χ4n) is 4.60. The van der Waals surface area contributed by atoms with Gasteiger partial charge in [0.1, 0.15) is 47.3 Å². The van der Waals surface area contributed by atoms with Crippen molar-refractivity contribution in [1.29, 1.82) is 0 Å². The summed E-state index contributed by atoms with van der Waals surface area (Å²) in [5.74, 6) is -0.311. The molecule has 10 heteroatoms. The molecule has 1 aromatic heterocycles. The molecule has 1 aliphatic rings. The Morgan fingerprint density at radius 1 is 1.10 bits per heavy atom. The predicted molar refractivity (Wildman–Crippen MR) is 142 cm³/mol. The average Bonchev–Trinajstić information content (AvgIpc) is 2.91. The Bertz CT molecular complexity index is 1450. The third-order valence-electron chi connectivity index (χ3n) is 6.48. The first kappa shape index (κ1) is 28.1. The van der Waals surface area contributed by atoms with Crippen LogP contribution >= 0.6 is 0 Å². The van der Waals surface area contributed by atoms with Gasteiger partial charge in [-0.05, 0) is 55.3 Å². The summed E-state index contributed by atoms with van der Waals surface area (Å²) in [5.41, 5.74) is 1.11. The van der Waals surface area contributed by atoms with E-state index in [-0.39, 0.29) is 39.2 Å². The van der Waals surface area contributed by atoms with Crippen molar-refractivity contribution >= 4 is 29.1 Å². The molecule has 1 fully saturated rings. The van der Waals surface area contributed by atoms with Crippen LogP contribution in [0.15, 0.2) is 57.8 Å². The number of aliphatic hydroxyl groups excluding tert-OH is 3. The second-order valence-corrected chi connectivity index (χ2v) is 9.11. The minimum Gasteiger partial charge on any atom is -0.508 e. The van der Waals surface area contributed by atoms with Gasteiger partial charge in [-0.2, -0.15) is 0 Å². The van der Waals surface area contributed by atoms with Gasteiger partial charge in [0.05, 0.1) is 24.7 Å². The van der Waals surface area contributed by atoms with Gasteiger partial charge in [0.25, 0.3) is 0 Å². The number of phenolic OH excluding ortho intramolecular Hbond substituents is 1. The van der Waals surface area contributed by atoms with Crippen LogP contribution in [0.1, 0.15) is 35.5 Å². The maximum Gasteiger partial charge on any atom is 0.331 e. The second kappa shape index (κ2) is 11.8. The quantitative estimate of drug-likeness (QED) is 0.261. The Morgan fingerprint density at radius 3 is 2.46 bits per heavy atom. The normalized spacial score (nSPS) is 23.5.